The Morgan fingerprint density at radius 2 is 1.47 bits per heavy atom. The van der Waals surface area contributed by atoms with E-state index < -0.39 is 35.2 Å². The predicted octanol–water partition coefficient (Wildman–Crippen LogP) is -0.999. The quantitative estimate of drug-likeness (QED) is 0.576. The highest BCUT2D eigenvalue weighted by Crippen LogP contribution is 2.30. The molecule has 86 valence electrons. The van der Waals surface area contributed by atoms with Crippen LogP contribution in [0.4, 0.5) is 13.2 Å². The Morgan fingerprint density at radius 3 is 1.53 bits per heavy atom. The monoisotopic (exact) mass is 224 g/mol. The summed E-state index contributed by atoms with van der Waals surface area (Å²) >= 11 is 0. The lowest BCUT2D eigenvalue weighted by Gasteiger charge is -2.21. The molecule has 0 aliphatic heterocycles. The maximum Gasteiger partial charge on any atom is 0.418 e. The summed E-state index contributed by atoms with van der Waals surface area (Å²) in [6.45, 7) is 2.22. The molecule has 0 aromatic rings. The van der Waals surface area contributed by atoms with Gasteiger partial charge in [-0.05, 0) is 11.5 Å². The summed E-state index contributed by atoms with van der Waals surface area (Å²) in [5, 5.41) is 20.6. The first-order valence-electron chi connectivity index (χ1n) is 3.83. The van der Waals surface area contributed by atoms with Crippen molar-refractivity contribution in [2.24, 2.45) is 5.92 Å². The summed E-state index contributed by atoms with van der Waals surface area (Å²) in [4.78, 5) is 20.6. The fourth-order valence-electron chi connectivity index (χ4n) is 1.00. The summed E-state index contributed by atoms with van der Waals surface area (Å²) in [7, 11) is 0. The number of hydrogen-bond acceptors (Lipinski definition) is 4. The second-order valence-electron chi connectivity index (χ2n) is 3.02. The van der Waals surface area contributed by atoms with Gasteiger partial charge in [0.1, 0.15) is 0 Å². The highest BCUT2D eigenvalue weighted by Gasteiger charge is 2.38. The van der Waals surface area contributed by atoms with Crippen LogP contribution in [0, 0.1) is 5.92 Å². The Kier molecular flexibility index (Phi) is 3.89. The lowest BCUT2D eigenvalue weighted by atomic mass is 9.97. The molecule has 0 aliphatic rings. The van der Waals surface area contributed by atoms with Crippen molar-refractivity contribution < 1.29 is 33.0 Å². The molecule has 0 atom stereocenters. The Labute approximate surface area is 83.0 Å². The van der Waals surface area contributed by atoms with E-state index in [1.54, 1.807) is 0 Å². The molecule has 0 amide bonds. The fraction of sp³-hybridized carbons (Fsp3) is 0.500. The molecule has 0 spiro atoms. The number of alkyl halides is 3. The van der Waals surface area contributed by atoms with Gasteiger partial charge >= 0.3 is 6.18 Å². The lowest BCUT2D eigenvalue weighted by molar-refractivity contribution is -0.308. The van der Waals surface area contributed by atoms with Crippen molar-refractivity contribution in [1.82, 2.24) is 0 Å². The van der Waals surface area contributed by atoms with Crippen molar-refractivity contribution in [3.05, 3.63) is 11.1 Å². The van der Waals surface area contributed by atoms with E-state index >= 15 is 0 Å². The van der Waals surface area contributed by atoms with Crippen molar-refractivity contribution in [3.8, 4) is 0 Å². The first kappa shape index (κ1) is 13.5. The molecule has 0 N–H and O–H groups in total. The summed E-state index contributed by atoms with van der Waals surface area (Å²) in [5.74, 6) is -5.87. The van der Waals surface area contributed by atoms with Crippen molar-refractivity contribution in [1.29, 1.82) is 0 Å². The van der Waals surface area contributed by atoms with E-state index in [1.165, 1.54) is 0 Å². The molecular weight excluding hydrogens is 217 g/mol. The zero-order valence-electron chi connectivity index (χ0n) is 7.84. The molecule has 0 saturated heterocycles. The second-order valence-corrected chi connectivity index (χ2v) is 3.02. The van der Waals surface area contributed by atoms with Crippen LogP contribution >= 0.6 is 0 Å². The highest BCUT2D eigenvalue weighted by molar-refractivity contribution is 5.98. The molecule has 0 fully saturated rings. The zero-order valence-corrected chi connectivity index (χ0v) is 7.84. The third kappa shape index (κ3) is 3.26. The van der Waals surface area contributed by atoms with Crippen molar-refractivity contribution in [3.63, 3.8) is 0 Å². The Bertz CT molecular complexity index is 314. The molecule has 4 nitrogen and oxygen atoms in total. The first-order chi connectivity index (χ1) is 6.59. The van der Waals surface area contributed by atoms with E-state index in [0.717, 1.165) is 13.8 Å². The highest BCUT2D eigenvalue weighted by atomic mass is 19.4. The van der Waals surface area contributed by atoms with E-state index in [1.807, 2.05) is 0 Å². The van der Waals surface area contributed by atoms with E-state index in [9.17, 15) is 33.0 Å². The van der Waals surface area contributed by atoms with Crippen LogP contribution in [0.1, 0.15) is 13.8 Å². The van der Waals surface area contributed by atoms with Crippen LogP contribution in [0.15, 0.2) is 11.1 Å². The van der Waals surface area contributed by atoms with E-state index in [0.29, 0.717) is 0 Å². The zero-order chi connectivity index (χ0) is 12.4. The number of halogens is 3. The standard InChI is InChI=1S/C8H9F3O4/c1-3(2)4(6(12)13)5(7(14)15)8(9,10)11/h3H,1-2H3,(H,12,13)(H,14,15)/p-2/b5-4-. The van der Waals surface area contributed by atoms with Crippen molar-refractivity contribution in [2.75, 3.05) is 0 Å². The first-order valence-corrected chi connectivity index (χ1v) is 3.83. The largest absolute Gasteiger partial charge is 0.545 e. The minimum Gasteiger partial charge on any atom is -0.545 e. The van der Waals surface area contributed by atoms with Gasteiger partial charge < -0.3 is 19.8 Å². The number of carboxylic acid groups (broad SMARTS) is 2. The van der Waals surface area contributed by atoms with Crippen LogP contribution in [-0.4, -0.2) is 18.1 Å². The van der Waals surface area contributed by atoms with Crippen LogP contribution in [-0.2, 0) is 9.59 Å². The number of rotatable bonds is 3. The van der Waals surface area contributed by atoms with E-state index in [2.05, 4.69) is 0 Å². The molecule has 0 aliphatic carbocycles. The Morgan fingerprint density at radius 1 is 1.07 bits per heavy atom. The van der Waals surface area contributed by atoms with Gasteiger partial charge in [-0.15, -0.1) is 0 Å². The van der Waals surface area contributed by atoms with Crippen LogP contribution in [0.5, 0.6) is 0 Å². The van der Waals surface area contributed by atoms with Gasteiger partial charge in [-0.25, -0.2) is 0 Å². The molecule has 0 saturated carbocycles. The molecule has 0 aromatic carbocycles. The normalized spacial score (nSPS) is 13.7. The SMILES string of the molecule is CC(C)/C(C(=O)[O-])=C(\C(=O)[O-])C(F)(F)F. The van der Waals surface area contributed by atoms with Crippen LogP contribution in [0.2, 0.25) is 0 Å². The van der Waals surface area contributed by atoms with Crippen LogP contribution < -0.4 is 10.2 Å². The van der Waals surface area contributed by atoms with Gasteiger partial charge in [-0.2, -0.15) is 13.2 Å². The smallest absolute Gasteiger partial charge is 0.418 e. The molecule has 0 aromatic heterocycles. The number of hydrogen-bond donors (Lipinski definition) is 0. The Balaban J connectivity index is 5.81. The summed E-state index contributed by atoms with van der Waals surface area (Å²) in [6.07, 6.45) is -5.28. The third-order valence-electron chi connectivity index (χ3n) is 1.55. The van der Waals surface area contributed by atoms with Crippen LogP contribution in [0.3, 0.4) is 0 Å². The molecule has 7 heteroatoms. The molecule has 0 rings (SSSR count). The average Bonchev–Trinajstić information content (AvgIpc) is 1.94. The van der Waals surface area contributed by atoms with Gasteiger partial charge in [-0.1, -0.05) is 13.8 Å². The topological polar surface area (TPSA) is 80.3 Å². The Hall–Kier alpha value is -1.53. The molecule has 0 heterocycles. The van der Waals surface area contributed by atoms with Gasteiger partial charge in [0, 0.05) is 0 Å². The van der Waals surface area contributed by atoms with Crippen LogP contribution in [0.25, 0.3) is 0 Å². The van der Waals surface area contributed by atoms with Crippen molar-refractivity contribution >= 4 is 11.9 Å². The predicted molar refractivity (Wildman–Crippen MR) is 37.9 cm³/mol. The molecule has 0 bridgehead atoms. The number of carbonyl (C=O) groups excluding carboxylic acids is 2. The summed E-state index contributed by atoms with van der Waals surface area (Å²) in [5.41, 5.74) is -3.51. The summed E-state index contributed by atoms with van der Waals surface area (Å²) in [6, 6.07) is 0. The minimum atomic E-state index is -5.28. The number of carbonyl (C=O) groups is 2. The van der Waals surface area contributed by atoms with E-state index in [-0.39, 0.29) is 0 Å². The number of aliphatic carboxylic acids is 2. The van der Waals surface area contributed by atoms with E-state index in [4.69, 9.17) is 0 Å². The fourth-order valence-corrected chi connectivity index (χ4v) is 1.00. The van der Waals surface area contributed by atoms with Gasteiger partial charge in [0.2, 0.25) is 0 Å². The minimum absolute atomic E-state index is 1.11. The van der Waals surface area contributed by atoms with Gasteiger partial charge in [0.25, 0.3) is 0 Å². The van der Waals surface area contributed by atoms with Gasteiger partial charge in [0.05, 0.1) is 17.5 Å². The molecule has 0 unspecified atom stereocenters. The lowest BCUT2D eigenvalue weighted by Crippen LogP contribution is -2.39. The maximum atomic E-state index is 12.2. The third-order valence-corrected chi connectivity index (χ3v) is 1.55. The summed E-state index contributed by atoms with van der Waals surface area (Å²) < 4.78 is 36.5. The number of carboxylic acids is 2. The maximum absolute atomic E-state index is 12.2. The molecule has 0 radical (unpaired) electrons. The van der Waals surface area contributed by atoms with Crippen molar-refractivity contribution in [2.45, 2.75) is 20.0 Å². The molecule has 15 heavy (non-hydrogen) atoms. The average molecular weight is 224 g/mol. The molecular formula is C8H7F3O4-2. The van der Waals surface area contributed by atoms with Gasteiger partial charge in [-0.3, -0.25) is 0 Å². The second kappa shape index (κ2) is 4.33. The van der Waals surface area contributed by atoms with Gasteiger partial charge in [0.15, 0.2) is 0 Å².